The molecule has 2 aromatic carbocycles. The minimum Gasteiger partial charge on any atom is -0.482 e. The Morgan fingerprint density at radius 1 is 1.09 bits per heavy atom. The Morgan fingerprint density at radius 3 is 2.41 bits per heavy atom. The second-order valence-corrected chi connectivity index (χ2v) is 8.24. The van der Waals surface area contributed by atoms with Crippen molar-refractivity contribution in [2.45, 2.75) is 31.9 Å². The van der Waals surface area contributed by atoms with E-state index in [2.05, 4.69) is 11.2 Å². The van der Waals surface area contributed by atoms with Crippen LogP contribution in [0.3, 0.4) is 0 Å². The highest BCUT2D eigenvalue weighted by molar-refractivity contribution is 5.73. The summed E-state index contributed by atoms with van der Waals surface area (Å²) in [6, 6.07) is 17.0. The highest BCUT2D eigenvalue weighted by Crippen LogP contribution is 2.30. The van der Waals surface area contributed by atoms with E-state index in [0.717, 1.165) is 28.9 Å². The summed E-state index contributed by atoms with van der Waals surface area (Å²) in [7, 11) is 7.54. The fourth-order valence-corrected chi connectivity index (χ4v) is 3.45. The van der Waals surface area contributed by atoms with Crippen molar-refractivity contribution in [3.05, 3.63) is 65.9 Å². The van der Waals surface area contributed by atoms with Crippen LogP contribution < -0.4 is 9.64 Å². The molecule has 2 atom stereocenters. The number of carboxylic acid groups (broad SMARTS) is 1. The Morgan fingerprint density at radius 2 is 1.81 bits per heavy atom. The molecule has 0 saturated heterocycles. The second-order valence-electron chi connectivity index (χ2n) is 8.24. The van der Waals surface area contributed by atoms with E-state index in [1.54, 1.807) is 19.0 Å². The normalized spacial score (nSPS) is 13.1. The molecule has 0 aliphatic heterocycles. The molecular formula is C25H31N3O4. The summed E-state index contributed by atoms with van der Waals surface area (Å²) in [6.07, 6.45) is 0.875. The van der Waals surface area contributed by atoms with Crippen molar-refractivity contribution >= 4 is 11.7 Å². The van der Waals surface area contributed by atoms with Crippen molar-refractivity contribution in [2.75, 3.05) is 33.1 Å². The zero-order chi connectivity index (χ0) is 23.3. The third-order valence-electron chi connectivity index (χ3n) is 5.41. The Bertz CT molecular complexity index is 1030. The Labute approximate surface area is 189 Å². The molecule has 7 heteroatoms. The Balaban J connectivity index is 1.71. The number of nitrogens with zero attached hydrogens (tertiary/aromatic N) is 3. The van der Waals surface area contributed by atoms with Crippen LogP contribution in [-0.2, 0) is 11.2 Å². The number of anilines is 1. The van der Waals surface area contributed by atoms with E-state index in [4.69, 9.17) is 9.26 Å². The number of carboxylic acids is 1. The molecule has 1 heterocycles. The van der Waals surface area contributed by atoms with Crippen molar-refractivity contribution < 1.29 is 19.2 Å². The van der Waals surface area contributed by atoms with Crippen LogP contribution in [0.2, 0.25) is 0 Å². The first-order chi connectivity index (χ1) is 15.3. The first-order valence-corrected chi connectivity index (χ1v) is 10.7. The fraction of sp³-hybridized carbons (Fsp3) is 0.360. The third kappa shape index (κ3) is 5.68. The minimum absolute atomic E-state index is 0.271. The lowest BCUT2D eigenvalue weighted by molar-refractivity contribution is -0.142. The summed E-state index contributed by atoms with van der Waals surface area (Å²) in [5.41, 5.74) is 3.79. The van der Waals surface area contributed by atoms with Crippen molar-refractivity contribution in [1.82, 2.24) is 10.1 Å². The topological polar surface area (TPSA) is 79.0 Å². The van der Waals surface area contributed by atoms with E-state index in [1.807, 2.05) is 74.4 Å². The SMILES string of the molecule is CC[C@H](Oc1ccc(C[C@@H](C(=O)O)N(C)C)cc1)c1cc(-c2cccc(N(C)C)c2)no1. The van der Waals surface area contributed by atoms with Gasteiger partial charge in [0.2, 0.25) is 0 Å². The summed E-state index contributed by atoms with van der Waals surface area (Å²) in [5, 5.41) is 13.6. The first-order valence-electron chi connectivity index (χ1n) is 10.7. The smallest absolute Gasteiger partial charge is 0.321 e. The van der Waals surface area contributed by atoms with E-state index in [1.165, 1.54) is 0 Å². The van der Waals surface area contributed by atoms with Crippen LogP contribution in [0, 0.1) is 0 Å². The second kappa shape index (κ2) is 10.3. The molecule has 7 nitrogen and oxygen atoms in total. The lowest BCUT2D eigenvalue weighted by atomic mass is 10.1. The van der Waals surface area contributed by atoms with Gasteiger partial charge in [-0.25, -0.2) is 0 Å². The van der Waals surface area contributed by atoms with Gasteiger partial charge in [-0.05, 0) is 56.8 Å². The summed E-state index contributed by atoms with van der Waals surface area (Å²) in [5.74, 6) is 0.531. The summed E-state index contributed by atoms with van der Waals surface area (Å²) < 4.78 is 11.8. The van der Waals surface area contributed by atoms with Gasteiger partial charge in [0.15, 0.2) is 11.9 Å². The maximum absolute atomic E-state index is 11.4. The van der Waals surface area contributed by atoms with Gasteiger partial charge in [-0.3, -0.25) is 9.69 Å². The van der Waals surface area contributed by atoms with Gasteiger partial charge < -0.3 is 19.3 Å². The van der Waals surface area contributed by atoms with Gasteiger partial charge in [-0.15, -0.1) is 0 Å². The number of aliphatic carboxylic acids is 1. The molecule has 0 unspecified atom stereocenters. The van der Waals surface area contributed by atoms with Crippen molar-refractivity contribution in [3.8, 4) is 17.0 Å². The largest absolute Gasteiger partial charge is 0.482 e. The average Bonchev–Trinajstić information content (AvgIpc) is 3.26. The van der Waals surface area contributed by atoms with Gasteiger partial charge in [0, 0.05) is 31.4 Å². The molecule has 0 radical (unpaired) electrons. The standard InChI is InChI=1S/C25H31N3O4/c1-6-23(24-16-21(26-32-24)18-8-7-9-19(15-18)27(2)3)31-20-12-10-17(11-13-20)14-22(25(29)30)28(4)5/h7-13,15-16,22-23H,6,14H2,1-5H3,(H,29,30)/t22-,23-/m0/s1. The van der Waals surface area contributed by atoms with Gasteiger partial charge >= 0.3 is 5.97 Å². The number of benzene rings is 2. The average molecular weight is 438 g/mol. The molecule has 1 N–H and O–H groups in total. The molecule has 32 heavy (non-hydrogen) atoms. The van der Waals surface area contributed by atoms with Crippen molar-refractivity contribution in [3.63, 3.8) is 0 Å². The lowest BCUT2D eigenvalue weighted by Crippen LogP contribution is -2.37. The molecule has 170 valence electrons. The highest BCUT2D eigenvalue weighted by Gasteiger charge is 2.21. The van der Waals surface area contributed by atoms with Gasteiger partial charge in [-0.1, -0.05) is 36.3 Å². The molecule has 0 bridgehead atoms. The van der Waals surface area contributed by atoms with Crippen LogP contribution in [0.1, 0.15) is 30.8 Å². The summed E-state index contributed by atoms with van der Waals surface area (Å²) in [6.45, 7) is 2.03. The van der Waals surface area contributed by atoms with Crippen LogP contribution in [0.5, 0.6) is 5.75 Å². The van der Waals surface area contributed by atoms with E-state index >= 15 is 0 Å². The quantitative estimate of drug-likeness (QED) is 0.500. The maximum Gasteiger partial charge on any atom is 0.321 e. The third-order valence-corrected chi connectivity index (χ3v) is 5.41. The monoisotopic (exact) mass is 437 g/mol. The minimum atomic E-state index is -0.835. The molecule has 1 aromatic heterocycles. The zero-order valence-electron chi connectivity index (χ0n) is 19.3. The van der Waals surface area contributed by atoms with Crippen LogP contribution in [0.4, 0.5) is 5.69 Å². The van der Waals surface area contributed by atoms with Gasteiger partial charge in [0.25, 0.3) is 0 Å². The zero-order valence-corrected chi connectivity index (χ0v) is 19.3. The summed E-state index contributed by atoms with van der Waals surface area (Å²) >= 11 is 0. The molecule has 0 aliphatic rings. The van der Waals surface area contributed by atoms with E-state index in [9.17, 15) is 9.90 Å². The fourth-order valence-electron chi connectivity index (χ4n) is 3.45. The Hall–Kier alpha value is -3.32. The predicted octanol–water partition coefficient (Wildman–Crippen LogP) is 4.50. The van der Waals surface area contributed by atoms with E-state index in [0.29, 0.717) is 17.9 Å². The molecule has 0 aliphatic carbocycles. The number of hydrogen-bond donors (Lipinski definition) is 1. The number of carbonyl (C=O) groups is 1. The van der Waals surface area contributed by atoms with Gasteiger partial charge in [0.05, 0.1) is 0 Å². The number of likely N-dealkylation sites (N-methyl/N-ethyl adjacent to an activating group) is 1. The molecule has 0 spiro atoms. The molecular weight excluding hydrogens is 406 g/mol. The summed E-state index contributed by atoms with van der Waals surface area (Å²) in [4.78, 5) is 15.2. The van der Waals surface area contributed by atoms with Crippen molar-refractivity contribution in [2.24, 2.45) is 0 Å². The molecule has 0 saturated carbocycles. The Kier molecular flexibility index (Phi) is 7.53. The van der Waals surface area contributed by atoms with Crippen LogP contribution in [-0.4, -0.2) is 55.4 Å². The number of rotatable bonds is 10. The maximum atomic E-state index is 11.4. The first kappa shape index (κ1) is 23.3. The van der Waals surface area contributed by atoms with Crippen LogP contribution in [0.25, 0.3) is 11.3 Å². The highest BCUT2D eigenvalue weighted by atomic mass is 16.5. The molecule has 0 fully saturated rings. The van der Waals surface area contributed by atoms with Crippen molar-refractivity contribution in [1.29, 1.82) is 0 Å². The number of aromatic nitrogens is 1. The molecule has 3 rings (SSSR count). The lowest BCUT2D eigenvalue weighted by Gasteiger charge is -2.20. The van der Waals surface area contributed by atoms with Gasteiger partial charge in [0.1, 0.15) is 17.5 Å². The molecule has 0 amide bonds. The predicted molar refractivity (Wildman–Crippen MR) is 125 cm³/mol. The van der Waals surface area contributed by atoms with Crippen LogP contribution >= 0.6 is 0 Å². The van der Waals surface area contributed by atoms with Crippen LogP contribution in [0.15, 0.2) is 59.1 Å². The van der Waals surface area contributed by atoms with E-state index in [-0.39, 0.29) is 6.10 Å². The number of hydrogen-bond acceptors (Lipinski definition) is 6. The molecule has 3 aromatic rings. The van der Waals surface area contributed by atoms with Gasteiger partial charge in [-0.2, -0.15) is 0 Å². The number of ether oxygens (including phenoxy) is 1. The van der Waals surface area contributed by atoms with E-state index < -0.39 is 12.0 Å².